The summed E-state index contributed by atoms with van der Waals surface area (Å²) in [6.07, 6.45) is 0. The molecular weight excluding hydrogens is 1430 g/mol. The molecule has 4 aliphatic heterocycles. The van der Waals surface area contributed by atoms with Crippen molar-refractivity contribution in [1.82, 2.24) is 0 Å². The van der Waals surface area contributed by atoms with Crippen LogP contribution in [0, 0.1) is 55.4 Å². The van der Waals surface area contributed by atoms with Crippen molar-refractivity contribution in [3.63, 3.8) is 0 Å². The second kappa shape index (κ2) is 27.6. The molecule has 4 heterocycles. The lowest BCUT2D eigenvalue weighted by molar-refractivity contribution is 0.660. The zero-order chi connectivity index (χ0) is 80.3. The predicted octanol–water partition coefficient (Wildman–Crippen LogP) is 25.6. The van der Waals surface area contributed by atoms with Crippen molar-refractivity contribution in [1.29, 1.82) is 0 Å². The Hall–Kier alpha value is -13.6. The van der Waals surface area contributed by atoms with E-state index < -0.39 is 0 Å². The quantitative estimate of drug-likeness (QED) is 0.126. The van der Waals surface area contributed by atoms with Gasteiger partial charge in [-0.25, -0.2) is 0 Å². The maximum Gasteiger partial charge on any atom is 0.252 e. The fourth-order valence-corrected chi connectivity index (χ4v) is 20.3. The van der Waals surface area contributed by atoms with Crippen molar-refractivity contribution >= 4 is 149 Å². The van der Waals surface area contributed by atoms with Gasteiger partial charge in [0.05, 0.1) is 11.4 Å². The van der Waals surface area contributed by atoms with E-state index >= 15 is 0 Å². The summed E-state index contributed by atoms with van der Waals surface area (Å²) in [6, 6.07) is 128. The highest BCUT2D eigenvalue weighted by molar-refractivity contribution is 7.01. The molecule has 16 aromatic rings. The maximum absolute atomic E-state index is 2.53. The van der Waals surface area contributed by atoms with Gasteiger partial charge in [0.15, 0.2) is 0 Å². The van der Waals surface area contributed by atoms with E-state index in [1.807, 2.05) is 0 Å². The van der Waals surface area contributed by atoms with E-state index in [2.05, 4.69) is 452 Å². The molecule has 16 aromatic carbocycles. The second-order valence-corrected chi connectivity index (χ2v) is 34.7. The average molecular weight is 1520 g/mol. The van der Waals surface area contributed by atoms with Crippen molar-refractivity contribution in [2.45, 2.75) is 93.9 Å². The Morgan fingerprint density at radius 1 is 0.203 bits per heavy atom. The Morgan fingerprint density at radius 2 is 0.492 bits per heavy atom. The fourth-order valence-electron chi connectivity index (χ4n) is 20.3. The molecule has 118 heavy (non-hydrogen) atoms. The molecule has 22 rings (SSSR count). The molecule has 568 valence electrons. The minimum atomic E-state index is -0.132. The summed E-state index contributed by atoms with van der Waals surface area (Å²) in [5.41, 5.74) is 49.5. The number of fused-ring (bicyclic) bond motifs is 14. The van der Waals surface area contributed by atoms with Gasteiger partial charge in [-0.1, -0.05) is 255 Å². The third-order valence-corrected chi connectivity index (χ3v) is 26.1. The number of benzene rings is 16. The summed E-state index contributed by atoms with van der Waals surface area (Å²) in [7, 11) is 0. The van der Waals surface area contributed by atoms with Gasteiger partial charge in [0.2, 0.25) is 0 Å². The van der Waals surface area contributed by atoms with Gasteiger partial charge in [-0.3, -0.25) is 0 Å². The summed E-state index contributed by atoms with van der Waals surface area (Å²) in [5, 5.41) is 0. The normalized spacial score (nSPS) is 14.0. The van der Waals surface area contributed by atoms with E-state index in [4.69, 9.17) is 0 Å². The largest absolute Gasteiger partial charge is 0.311 e. The summed E-state index contributed by atoms with van der Waals surface area (Å²) in [4.78, 5) is 15.0. The Balaban J connectivity index is 0.000000147. The van der Waals surface area contributed by atoms with Crippen molar-refractivity contribution in [3.05, 3.63) is 406 Å². The molecule has 0 fully saturated rings. The Bertz CT molecular complexity index is 6500. The van der Waals surface area contributed by atoms with E-state index in [0.717, 1.165) is 56.9 Å². The summed E-state index contributed by atoms with van der Waals surface area (Å²) in [6.45, 7) is 27.1. The molecule has 0 aromatic heterocycles. The molecule has 0 N–H and O–H groups in total. The number of hydrogen-bond acceptors (Lipinski definition) is 6. The highest BCUT2D eigenvalue weighted by Gasteiger charge is 2.48. The van der Waals surface area contributed by atoms with Crippen LogP contribution < -0.4 is 62.2 Å². The minimum Gasteiger partial charge on any atom is -0.311 e. The van der Waals surface area contributed by atoms with Crippen LogP contribution in [0.3, 0.4) is 0 Å². The van der Waals surface area contributed by atoms with E-state index in [1.165, 1.54) is 167 Å². The van der Waals surface area contributed by atoms with Crippen molar-refractivity contribution in [2.24, 2.45) is 0 Å². The first kappa shape index (κ1) is 72.2. The van der Waals surface area contributed by atoms with Gasteiger partial charge < -0.3 is 29.4 Å². The SMILES string of the molecule is Cc1ccc(N2c3cc(C)ccc3B3c4ccc(C)cc4N(c4ccc(C)cc4)c4cc(N(c5ccccc5)c5ccc6c(c5)C(C)(C)c5ccccc5-6)cc2c43)cc1.Cc1ccc(N2c3ccc(C)cc3B3c4cc(C)ccc4N(c4ccc(C)cc4)c4cc(N(c5ccccc5)c5ccc6c(c5)C(C)(C)c5ccccc5-6)cc2c43)cc1. The first-order valence-electron chi connectivity index (χ1n) is 41.8. The molecule has 2 aliphatic carbocycles. The third-order valence-electron chi connectivity index (χ3n) is 26.1. The fraction of sp³-hybridized carbons (Fsp3) is 0.127. The van der Waals surface area contributed by atoms with E-state index in [1.54, 1.807) is 0 Å². The third kappa shape index (κ3) is 11.5. The first-order chi connectivity index (χ1) is 57.3. The first-order valence-corrected chi connectivity index (χ1v) is 41.8. The van der Waals surface area contributed by atoms with Gasteiger partial charge in [0.1, 0.15) is 0 Å². The van der Waals surface area contributed by atoms with E-state index in [-0.39, 0.29) is 24.3 Å². The standard InChI is InChI=1S/2C55H46BN3/c1-35-16-22-40(23-17-35)58-50-28-20-37(3)30-48(50)56-49-31-38(4)21-29-51(49)59(41-24-18-36(2)19-25-41)53-34-43(33-52(58)54(53)56)57(39-12-8-7-9-13-39)42-26-27-45-44-14-10-11-15-46(44)55(5,6)47(45)32-42;1-35-16-22-40(23-17-35)58-50-30-37(3)20-28-48(50)56-49-29-21-38(4)31-51(49)59(41-24-18-36(2)19-25-41)53-34-43(33-52(58)54(53)56)57(39-12-8-7-9-13-39)42-26-27-45-44-14-10-11-15-46(44)55(5,6)47(45)32-42/h2*7-34H,1-6H3. The number of rotatable bonds is 10. The van der Waals surface area contributed by atoms with Crippen LogP contribution in [0.5, 0.6) is 0 Å². The van der Waals surface area contributed by atoms with Crippen LogP contribution in [0.25, 0.3) is 22.3 Å². The van der Waals surface area contributed by atoms with Crippen molar-refractivity contribution in [2.75, 3.05) is 29.4 Å². The lowest BCUT2D eigenvalue weighted by Gasteiger charge is -2.45. The molecule has 0 saturated heterocycles. The smallest absolute Gasteiger partial charge is 0.252 e. The molecule has 0 spiro atoms. The molecule has 6 nitrogen and oxygen atoms in total. The molecule has 8 heteroatoms. The second-order valence-electron chi connectivity index (χ2n) is 34.7. The van der Waals surface area contributed by atoms with Gasteiger partial charge >= 0.3 is 0 Å². The lowest BCUT2D eigenvalue weighted by Crippen LogP contribution is -2.61. The average Bonchev–Trinajstić information content (AvgIpc) is 1.33. The van der Waals surface area contributed by atoms with Gasteiger partial charge in [-0.05, 0) is 289 Å². The lowest BCUT2D eigenvalue weighted by atomic mass is 9.33. The Morgan fingerprint density at radius 3 is 0.847 bits per heavy atom. The van der Waals surface area contributed by atoms with E-state index in [9.17, 15) is 0 Å². The van der Waals surface area contributed by atoms with Crippen molar-refractivity contribution in [3.8, 4) is 22.3 Å². The van der Waals surface area contributed by atoms with Crippen molar-refractivity contribution < 1.29 is 0 Å². The zero-order valence-corrected chi connectivity index (χ0v) is 69.2. The van der Waals surface area contributed by atoms with Gasteiger partial charge in [-0.15, -0.1) is 0 Å². The number of para-hydroxylation sites is 2. The molecule has 6 aliphatic rings. The number of hydrogen-bond donors (Lipinski definition) is 0. The molecule has 0 unspecified atom stereocenters. The van der Waals surface area contributed by atoms with Crippen LogP contribution in [0.2, 0.25) is 0 Å². The Labute approximate surface area is 696 Å². The molecule has 0 radical (unpaired) electrons. The maximum atomic E-state index is 2.53. The van der Waals surface area contributed by atoms with Crippen LogP contribution in [-0.4, -0.2) is 13.4 Å². The topological polar surface area (TPSA) is 19.4 Å². The molecular formula is C110H92B2N6. The molecule has 0 amide bonds. The minimum absolute atomic E-state index is 0.0479. The highest BCUT2D eigenvalue weighted by atomic mass is 15.2. The van der Waals surface area contributed by atoms with Crippen LogP contribution in [0.4, 0.5) is 102 Å². The van der Waals surface area contributed by atoms with Crippen LogP contribution in [0.1, 0.15) is 94.5 Å². The van der Waals surface area contributed by atoms with Crippen LogP contribution >= 0.6 is 0 Å². The molecule has 0 bridgehead atoms. The molecule has 0 saturated carbocycles. The van der Waals surface area contributed by atoms with Gasteiger partial charge in [0.25, 0.3) is 13.4 Å². The molecule has 0 atom stereocenters. The number of nitrogens with zero attached hydrogens (tertiary/aromatic N) is 6. The number of aryl methyl sites for hydroxylation is 8. The summed E-state index contributed by atoms with van der Waals surface area (Å²) in [5.74, 6) is 0. The van der Waals surface area contributed by atoms with Crippen LogP contribution in [-0.2, 0) is 10.8 Å². The predicted molar refractivity (Wildman–Crippen MR) is 503 cm³/mol. The summed E-state index contributed by atoms with van der Waals surface area (Å²) >= 11 is 0. The number of anilines is 18. The van der Waals surface area contributed by atoms with Gasteiger partial charge in [-0.2, -0.15) is 0 Å². The summed E-state index contributed by atoms with van der Waals surface area (Å²) < 4.78 is 0. The van der Waals surface area contributed by atoms with Gasteiger partial charge in [0, 0.05) is 102 Å². The Kier molecular flexibility index (Phi) is 16.9. The zero-order valence-electron chi connectivity index (χ0n) is 69.2. The van der Waals surface area contributed by atoms with E-state index in [0.29, 0.717) is 0 Å². The highest BCUT2D eigenvalue weighted by Crippen LogP contribution is 2.56. The van der Waals surface area contributed by atoms with Crippen LogP contribution in [0.15, 0.2) is 340 Å². The monoisotopic (exact) mass is 1520 g/mol.